The molecule has 1 aromatic rings. The number of hydrogen-bond donors (Lipinski definition) is 1. The van der Waals surface area contributed by atoms with E-state index in [0.717, 1.165) is 11.1 Å². The Bertz CT molecular complexity index is 837. The largest absolute Gasteiger partial charge is 0.491 e. The minimum absolute atomic E-state index is 0.134. The van der Waals surface area contributed by atoms with Crippen molar-refractivity contribution in [2.75, 3.05) is 13.2 Å². The Balaban J connectivity index is 1.96. The predicted octanol–water partition coefficient (Wildman–Crippen LogP) is 6.08. The molecule has 0 bridgehead atoms. The fraction of sp³-hybridized carbons (Fsp3) is 0.625. The van der Waals surface area contributed by atoms with Gasteiger partial charge in [-0.2, -0.15) is 0 Å². The summed E-state index contributed by atoms with van der Waals surface area (Å²) in [4.78, 5) is 11.9. The molecule has 31 heavy (non-hydrogen) atoms. The average molecular weight is 452 g/mol. The van der Waals surface area contributed by atoms with Crippen LogP contribution >= 0.6 is 0 Å². The number of fused-ring (bicyclic) bond motifs is 1. The summed E-state index contributed by atoms with van der Waals surface area (Å²) in [5.41, 5.74) is 2.03. The molecule has 1 N–H and O–H groups in total. The molecule has 0 spiro atoms. The lowest BCUT2D eigenvalue weighted by atomic mass is 10.1. The van der Waals surface area contributed by atoms with Crippen molar-refractivity contribution < 1.29 is 23.1 Å². The van der Waals surface area contributed by atoms with E-state index in [-0.39, 0.29) is 23.5 Å². The molecule has 7 heteroatoms. The fourth-order valence-corrected chi connectivity index (χ4v) is 3.86. The molecule has 1 aliphatic rings. The maximum atomic E-state index is 14.7. The Morgan fingerprint density at radius 1 is 1.19 bits per heavy atom. The lowest BCUT2D eigenvalue weighted by molar-refractivity contribution is 0.0494. The number of hydrogen-bond acceptors (Lipinski definition) is 4. The minimum Gasteiger partial charge on any atom is -0.491 e. The molecule has 1 atom stereocenters. The summed E-state index contributed by atoms with van der Waals surface area (Å²) >= 11 is 0. The number of rotatable bonds is 7. The summed E-state index contributed by atoms with van der Waals surface area (Å²) in [6.45, 7) is 19.0. The molecule has 0 aliphatic heterocycles. The number of carbonyl (C=O) groups is 1. The van der Waals surface area contributed by atoms with E-state index in [1.165, 1.54) is 6.07 Å². The topological polar surface area (TPSA) is 56.8 Å². The van der Waals surface area contributed by atoms with Gasteiger partial charge < -0.3 is 19.2 Å². The van der Waals surface area contributed by atoms with E-state index in [4.69, 9.17) is 13.9 Å². The SMILES string of the molecule is C[C@@H](COc1cc(F)c2c(c1)C=C(CO[Si](C)(C)C(C)(C)C)C2)NC(=O)OC(C)(C)C. The number of amides is 1. The smallest absolute Gasteiger partial charge is 0.407 e. The van der Waals surface area contributed by atoms with Gasteiger partial charge in [-0.25, -0.2) is 9.18 Å². The van der Waals surface area contributed by atoms with Gasteiger partial charge in [-0.1, -0.05) is 26.8 Å². The summed E-state index contributed by atoms with van der Waals surface area (Å²) in [7, 11) is -1.86. The zero-order valence-electron chi connectivity index (χ0n) is 20.4. The van der Waals surface area contributed by atoms with Gasteiger partial charge in [-0.15, -0.1) is 0 Å². The third-order valence-corrected chi connectivity index (χ3v) is 10.1. The van der Waals surface area contributed by atoms with Crippen molar-refractivity contribution in [3.63, 3.8) is 0 Å². The molecule has 0 saturated carbocycles. The molecule has 0 fully saturated rings. The number of ether oxygens (including phenoxy) is 2. The maximum absolute atomic E-state index is 14.7. The van der Waals surface area contributed by atoms with Crippen molar-refractivity contribution in [3.05, 3.63) is 34.6 Å². The van der Waals surface area contributed by atoms with Gasteiger partial charge in [0.25, 0.3) is 0 Å². The van der Waals surface area contributed by atoms with Crippen molar-refractivity contribution in [2.24, 2.45) is 0 Å². The molecule has 1 amide bonds. The van der Waals surface area contributed by atoms with E-state index >= 15 is 0 Å². The highest BCUT2D eigenvalue weighted by molar-refractivity contribution is 6.74. The van der Waals surface area contributed by atoms with Crippen molar-refractivity contribution in [3.8, 4) is 5.75 Å². The highest BCUT2D eigenvalue weighted by atomic mass is 28.4. The molecular formula is C24H38FNO4Si. The molecule has 1 aliphatic carbocycles. The van der Waals surface area contributed by atoms with E-state index in [9.17, 15) is 9.18 Å². The number of halogens is 1. The lowest BCUT2D eigenvalue weighted by Crippen LogP contribution is -2.41. The first-order valence-electron chi connectivity index (χ1n) is 10.9. The first-order chi connectivity index (χ1) is 14.1. The molecule has 0 radical (unpaired) electrons. The lowest BCUT2D eigenvalue weighted by Gasteiger charge is -2.36. The van der Waals surface area contributed by atoms with Gasteiger partial charge in [-0.3, -0.25) is 0 Å². The van der Waals surface area contributed by atoms with E-state index in [0.29, 0.717) is 24.3 Å². The Labute approximate surface area is 187 Å². The molecule has 0 heterocycles. The van der Waals surface area contributed by atoms with Crippen molar-refractivity contribution in [1.29, 1.82) is 0 Å². The van der Waals surface area contributed by atoms with Crippen molar-refractivity contribution >= 4 is 20.5 Å². The van der Waals surface area contributed by atoms with E-state index in [1.807, 2.05) is 19.1 Å². The Morgan fingerprint density at radius 2 is 1.84 bits per heavy atom. The number of benzene rings is 1. The van der Waals surface area contributed by atoms with Crippen LogP contribution in [0.5, 0.6) is 5.75 Å². The van der Waals surface area contributed by atoms with Gasteiger partial charge in [0.2, 0.25) is 0 Å². The van der Waals surface area contributed by atoms with Crippen LogP contribution in [0.2, 0.25) is 18.1 Å². The molecule has 2 rings (SSSR count). The Hall–Kier alpha value is -1.86. The summed E-state index contributed by atoms with van der Waals surface area (Å²) in [6.07, 6.45) is 2.06. The normalized spacial score (nSPS) is 15.2. The van der Waals surface area contributed by atoms with Gasteiger partial charge in [0, 0.05) is 6.07 Å². The third kappa shape index (κ3) is 7.35. The number of alkyl carbamates (subject to hydrolysis) is 1. The number of nitrogens with one attached hydrogen (secondary N) is 1. The van der Waals surface area contributed by atoms with E-state index < -0.39 is 20.0 Å². The maximum Gasteiger partial charge on any atom is 0.407 e. The van der Waals surface area contributed by atoms with Crippen LogP contribution in [0.25, 0.3) is 6.08 Å². The third-order valence-electron chi connectivity index (χ3n) is 5.65. The second-order valence-corrected chi connectivity index (χ2v) is 15.7. The van der Waals surface area contributed by atoms with Crippen LogP contribution in [-0.2, 0) is 15.6 Å². The van der Waals surface area contributed by atoms with Crippen LogP contribution in [-0.4, -0.2) is 39.3 Å². The second-order valence-electron chi connectivity index (χ2n) is 10.9. The average Bonchev–Trinajstić information content (AvgIpc) is 2.99. The Morgan fingerprint density at radius 3 is 2.42 bits per heavy atom. The number of carbonyl (C=O) groups excluding carboxylic acids is 1. The Kier molecular flexibility index (Phi) is 7.64. The molecule has 0 saturated heterocycles. The van der Waals surface area contributed by atoms with Crippen LogP contribution in [0.15, 0.2) is 17.7 Å². The summed E-state index contributed by atoms with van der Waals surface area (Å²) in [6, 6.07) is 2.97. The predicted molar refractivity (Wildman–Crippen MR) is 126 cm³/mol. The van der Waals surface area contributed by atoms with Crippen LogP contribution in [0.4, 0.5) is 9.18 Å². The van der Waals surface area contributed by atoms with Gasteiger partial charge in [0.1, 0.15) is 23.8 Å². The van der Waals surface area contributed by atoms with E-state index in [1.54, 1.807) is 20.8 Å². The molecular weight excluding hydrogens is 413 g/mol. The summed E-state index contributed by atoms with van der Waals surface area (Å²) in [5, 5.41) is 2.85. The second kappa shape index (κ2) is 9.33. The van der Waals surface area contributed by atoms with Crippen LogP contribution < -0.4 is 10.1 Å². The first kappa shape index (κ1) is 25.4. The molecule has 0 aromatic heterocycles. The molecule has 1 aromatic carbocycles. The van der Waals surface area contributed by atoms with Crippen LogP contribution in [0.1, 0.15) is 59.6 Å². The zero-order valence-corrected chi connectivity index (χ0v) is 21.4. The molecule has 5 nitrogen and oxygen atoms in total. The van der Waals surface area contributed by atoms with Gasteiger partial charge in [0.15, 0.2) is 8.32 Å². The standard InChI is InChI=1S/C24H38FNO4Si/c1-16(26-22(27)30-23(2,3)4)14-28-19-12-18-10-17(11-20(18)21(25)13-19)15-29-31(8,9)24(5,6)7/h10,12-13,16H,11,14-15H2,1-9H3,(H,26,27)/t16-/m0/s1. The van der Waals surface area contributed by atoms with Gasteiger partial charge >= 0.3 is 6.09 Å². The quantitative estimate of drug-likeness (QED) is 0.511. The summed E-state index contributed by atoms with van der Waals surface area (Å²) in [5.74, 6) is 0.163. The van der Waals surface area contributed by atoms with Crippen LogP contribution in [0, 0.1) is 5.82 Å². The summed E-state index contributed by atoms with van der Waals surface area (Å²) < 4.78 is 31.9. The van der Waals surface area contributed by atoms with Crippen molar-refractivity contribution in [1.82, 2.24) is 5.32 Å². The minimum atomic E-state index is -1.86. The van der Waals surface area contributed by atoms with Gasteiger partial charge in [-0.05, 0) is 75.0 Å². The monoisotopic (exact) mass is 451 g/mol. The zero-order chi connectivity index (χ0) is 23.6. The van der Waals surface area contributed by atoms with Crippen molar-refractivity contribution in [2.45, 2.75) is 84.7 Å². The highest BCUT2D eigenvalue weighted by Gasteiger charge is 2.37. The van der Waals surface area contributed by atoms with Gasteiger partial charge in [0.05, 0.1) is 12.6 Å². The fourth-order valence-electron chi connectivity index (χ4n) is 2.88. The molecule has 174 valence electrons. The highest BCUT2D eigenvalue weighted by Crippen LogP contribution is 2.38. The van der Waals surface area contributed by atoms with E-state index in [2.05, 4.69) is 39.2 Å². The first-order valence-corrected chi connectivity index (χ1v) is 13.8. The molecule has 0 unspecified atom stereocenters. The van der Waals surface area contributed by atoms with Crippen LogP contribution in [0.3, 0.4) is 0 Å².